The number of aromatic nitrogens is 2. The van der Waals surface area contributed by atoms with Crippen LogP contribution in [0.15, 0.2) is 35.1 Å². The van der Waals surface area contributed by atoms with Crippen molar-refractivity contribution in [3.8, 4) is 11.6 Å². The molecule has 2 heterocycles. The van der Waals surface area contributed by atoms with E-state index in [0.29, 0.717) is 17.2 Å². The first-order valence-corrected chi connectivity index (χ1v) is 7.98. The summed E-state index contributed by atoms with van der Waals surface area (Å²) in [6.45, 7) is 2.10. The highest BCUT2D eigenvalue weighted by molar-refractivity contribution is 9.10. The molecule has 0 spiro atoms. The SMILES string of the molecule is CCc1cc2c(Oc3ccc(Br)c(C=O)c3)ncnc2s1. The number of benzene rings is 1. The Morgan fingerprint density at radius 2 is 2.19 bits per heavy atom. The lowest BCUT2D eigenvalue weighted by Crippen LogP contribution is -1.91. The molecule has 1 aromatic carbocycles. The lowest BCUT2D eigenvalue weighted by atomic mass is 10.2. The molecule has 0 N–H and O–H groups in total. The third-order valence-corrected chi connectivity index (χ3v) is 4.91. The lowest BCUT2D eigenvalue weighted by molar-refractivity contribution is 0.112. The minimum Gasteiger partial charge on any atom is -0.438 e. The lowest BCUT2D eigenvalue weighted by Gasteiger charge is -2.06. The summed E-state index contributed by atoms with van der Waals surface area (Å²) in [5.74, 6) is 1.08. The normalized spacial score (nSPS) is 10.8. The maximum Gasteiger partial charge on any atom is 0.231 e. The van der Waals surface area contributed by atoms with Gasteiger partial charge in [0, 0.05) is 14.9 Å². The monoisotopic (exact) mass is 362 g/mol. The predicted molar refractivity (Wildman–Crippen MR) is 86.4 cm³/mol. The second kappa shape index (κ2) is 5.91. The van der Waals surface area contributed by atoms with Crippen molar-refractivity contribution in [3.63, 3.8) is 0 Å². The Labute approximate surface area is 133 Å². The number of halogens is 1. The fourth-order valence-electron chi connectivity index (χ4n) is 1.93. The van der Waals surface area contributed by atoms with Crippen LogP contribution >= 0.6 is 27.3 Å². The number of aryl methyl sites for hydroxylation is 1. The Balaban J connectivity index is 2.01. The Hall–Kier alpha value is -1.79. The zero-order valence-corrected chi connectivity index (χ0v) is 13.6. The van der Waals surface area contributed by atoms with Crippen LogP contribution in [0.2, 0.25) is 0 Å². The number of fused-ring (bicyclic) bond motifs is 1. The fraction of sp³-hybridized carbons (Fsp3) is 0.133. The molecule has 0 amide bonds. The highest BCUT2D eigenvalue weighted by Gasteiger charge is 2.11. The molecule has 0 saturated heterocycles. The summed E-state index contributed by atoms with van der Waals surface area (Å²) in [6, 6.07) is 7.30. The summed E-state index contributed by atoms with van der Waals surface area (Å²) in [5.41, 5.74) is 0.539. The van der Waals surface area contributed by atoms with E-state index in [1.165, 1.54) is 11.2 Å². The average Bonchev–Trinajstić information content (AvgIpc) is 2.93. The van der Waals surface area contributed by atoms with Crippen molar-refractivity contribution >= 4 is 43.8 Å². The van der Waals surface area contributed by atoms with Gasteiger partial charge in [-0.2, -0.15) is 0 Å². The van der Waals surface area contributed by atoms with E-state index < -0.39 is 0 Å². The minimum absolute atomic E-state index is 0.509. The van der Waals surface area contributed by atoms with Crippen LogP contribution in [0.5, 0.6) is 11.6 Å². The van der Waals surface area contributed by atoms with E-state index >= 15 is 0 Å². The molecule has 2 aromatic heterocycles. The number of aldehydes is 1. The second-order valence-corrected chi connectivity index (χ2v) is 6.34. The Morgan fingerprint density at radius 3 is 2.95 bits per heavy atom. The molecule has 6 heteroatoms. The van der Waals surface area contributed by atoms with E-state index in [2.05, 4.69) is 38.9 Å². The van der Waals surface area contributed by atoms with Gasteiger partial charge in [0.2, 0.25) is 5.88 Å². The number of carbonyl (C=O) groups excluding carboxylic acids is 1. The molecule has 4 nitrogen and oxygen atoms in total. The van der Waals surface area contributed by atoms with Crippen LogP contribution in [0.3, 0.4) is 0 Å². The van der Waals surface area contributed by atoms with Gasteiger partial charge in [-0.25, -0.2) is 9.97 Å². The zero-order chi connectivity index (χ0) is 14.8. The molecule has 0 atom stereocenters. The smallest absolute Gasteiger partial charge is 0.231 e. The van der Waals surface area contributed by atoms with Gasteiger partial charge in [-0.15, -0.1) is 11.3 Å². The van der Waals surface area contributed by atoms with Gasteiger partial charge in [0.1, 0.15) is 16.9 Å². The molecule has 0 aliphatic carbocycles. The van der Waals surface area contributed by atoms with E-state index in [0.717, 1.165) is 27.4 Å². The van der Waals surface area contributed by atoms with Crippen molar-refractivity contribution in [1.29, 1.82) is 0 Å². The fourth-order valence-corrected chi connectivity index (χ4v) is 3.19. The molecular weight excluding hydrogens is 352 g/mol. The highest BCUT2D eigenvalue weighted by atomic mass is 79.9. The predicted octanol–water partition coefficient (Wildman–Crippen LogP) is 4.62. The van der Waals surface area contributed by atoms with Gasteiger partial charge in [-0.1, -0.05) is 22.9 Å². The first-order chi connectivity index (χ1) is 10.2. The van der Waals surface area contributed by atoms with Crippen LogP contribution in [0, 0.1) is 0 Å². The summed E-state index contributed by atoms with van der Waals surface area (Å²) in [7, 11) is 0. The molecule has 21 heavy (non-hydrogen) atoms. The standard InChI is InChI=1S/C15H11BrN2O2S/c1-2-11-6-12-14(17-8-18-15(12)21-11)20-10-3-4-13(16)9(5-10)7-19/h3-8H,2H2,1H3. The molecule has 3 aromatic rings. The zero-order valence-electron chi connectivity index (χ0n) is 11.2. The number of carbonyl (C=O) groups is 1. The van der Waals surface area contributed by atoms with Gasteiger partial charge < -0.3 is 4.74 Å². The summed E-state index contributed by atoms with van der Waals surface area (Å²) in [6.07, 6.45) is 3.23. The van der Waals surface area contributed by atoms with Crippen molar-refractivity contribution in [2.24, 2.45) is 0 Å². The van der Waals surface area contributed by atoms with E-state index in [-0.39, 0.29) is 0 Å². The number of thiophene rings is 1. The van der Waals surface area contributed by atoms with Gasteiger partial charge in [-0.05, 0) is 30.7 Å². The molecule has 3 rings (SSSR count). The van der Waals surface area contributed by atoms with Gasteiger partial charge in [0.25, 0.3) is 0 Å². The Morgan fingerprint density at radius 1 is 1.33 bits per heavy atom. The summed E-state index contributed by atoms with van der Waals surface area (Å²) >= 11 is 4.96. The second-order valence-electron chi connectivity index (χ2n) is 4.37. The molecule has 0 aliphatic rings. The maximum atomic E-state index is 11.0. The third-order valence-electron chi connectivity index (χ3n) is 3.00. The summed E-state index contributed by atoms with van der Waals surface area (Å²) in [5, 5.41) is 0.898. The molecule has 0 saturated carbocycles. The van der Waals surface area contributed by atoms with E-state index in [1.54, 1.807) is 29.5 Å². The first-order valence-electron chi connectivity index (χ1n) is 6.37. The molecular formula is C15H11BrN2O2S. The van der Waals surface area contributed by atoms with Crippen molar-refractivity contribution in [1.82, 2.24) is 9.97 Å². The largest absolute Gasteiger partial charge is 0.438 e. The van der Waals surface area contributed by atoms with E-state index in [1.807, 2.05) is 0 Å². The van der Waals surface area contributed by atoms with E-state index in [4.69, 9.17) is 4.74 Å². The number of hydrogen-bond acceptors (Lipinski definition) is 5. The molecule has 0 bridgehead atoms. The van der Waals surface area contributed by atoms with Gasteiger partial charge in [0.15, 0.2) is 6.29 Å². The number of rotatable bonds is 4. The number of nitrogens with zero attached hydrogens (tertiary/aromatic N) is 2. The van der Waals surface area contributed by atoms with Crippen LogP contribution in [-0.4, -0.2) is 16.3 Å². The summed E-state index contributed by atoms with van der Waals surface area (Å²) in [4.78, 5) is 21.6. The summed E-state index contributed by atoms with van der Waals surface area (Å²) < 4.78 is 6.56. The molecule has 0 unspecified atom stereocenters. The average molecular weight is 363 g/mol. The van der Waals surface area contributed by atoms with E-state index in [9.17, 15) is 4.79 Å². The third kappa shape index (κ3) is 2.82. The minimum atomic E-state index is 0.509. The van der Waals surface area contributed by atoms with Crippen LogP contribution in [0.1, 0.15) is 22.2 Å². The van der Waals surface area contributed by atoms with Gasteiger partial charge in [-0.3, -0.25) is 4.79 Å². The van der Waals surface area contributed by atoms with Crippen molar-refractivity contribution in [2.45, 2.75) is 13.3 Å². The van der Waals surface area contributed by atoms with Crippen LogP contribution in [0.25, 0.3) is 10.2 Å². The molecule has 106 valence electrons. The molecule has 0 aliphatic heterocycles. The highest BCUT2D eigenvalue weighted by Crippen LogP contribution is 2.33. The maximum absolute atomic E-state index is 11.0. The topological polar surface area (TPSA) is 52.1 Å². The first kappa shape index (κ1) is 14.2. The van der Waals surface area contributed by atoms with Crippen molar-refractivity contribution in [2.75, 3.05) is 0 Å². The number of ether oxygens (including phenoxy) is 1. The van der Waals surface area contributed by atoms with Gasteiger partial charge >= 0.3 is 0 Å². The van der Waals surface area contributed by atoms with Crippen LogP contribution < -0.4 is 4.74 Å². The van der Waals surface area contributed by atoms with Crippen LogP contribution in [0.4, 0.5) is 0 Å². The Kier molecular flexibility index (Phi) is 3.98. The number of hydrogen-bond donors (Lipinski definition) is 0. The quantitative estimate of drug-likeness (QED) is 0.635. The van der Waals surface area contributed by atoms with Crippen molar-refractivity contribution < 1.29 is 9.53 Å². The van der Waals surface area contributed by atoms with Gasteiger partial charge in [0.05, 0.1) is 5.39 Å². The van der Waals surface area contributed by atoms with Crippen molar-refractivity contribution in [3.05, 3.63) is 45.5 Å². The Bertz CT molecular complexity index is 817. The van der Waals surface area contributed by atoms with Crippen LogP contribution in [-0.2, 0) is 6.42 Å². The molecule has 0 fully saturated rings. The molecule has 0 radical (unpaired) electrons.